The SMILES string of the molecule is Cc1nc(CN(C)c2ccc([N+](=O)[O-])c(CO)c2)cs1. The zero-order valence-electron chi connectivity index (χ0n) is 11.2. The summed E-state index contributed by atoms with van der Waals surface area (Å²) >= 11 is 1.59. The van der Waals surface area contributed by atoms with Gasteiger partial charge in [0.25, 0.3) is 5.69 Å². The van der Waals surface area contributed by atoms with Gasteiger partial charge in [-0.25, -0.2) is 4.98 Å². The average Bonchev–Trinajstić information content (AvgIpc) is 2.83. The molecule has 1 N–H and O–H groups in total. The van der Waals surface area contributed by atoms with Crippen LogP contribution in [0, 0.1) is 17.0 Å². The van der Waals surface area contributed by atoms with Crippen LogP contribution in [0.15, 0.2) is 23.6 Å². The maximum atomic E-state index is 10.8. The number of aliphatic hydroxyl groups is 1. The van der Waals surface area contributed by atoms with Crippen molar-refractivity contribution in [2.24, 2.45) is 0 Å². The van der Waals surface area contributed by atoms with E-state index in [0.29, 0.717) is 12.1 Å². The van der Waals surface area contributed by atoms with E-state index in [9.17, 15) is 15.2 Å². The van der Waals surface area contributed by atoms with Crippen LogP contribution in [-0.4, -0.2) is 22.1 Å². The summed E-state index contributed by atoms with van der Waals surface area (Å²) < 4.78 is 0. The van der Waals surface area contributed by atoms with Gasteiger partial charge in [0.15, 0.2) is 0 Å². The highest BCUT2D eigenvalue weighted by Gasteiger charge is 2.15. The van der Waals surface area contributed by atoms with Crippen LogP contribution in [0.2, 0.25) is 0 Å². The Labute approximate surface area is 120 Å². The van der Waals surface area contributed by atoms with Crippen molar-refractivity contribution in [1.29, 1.82) is 0 Å². The van der Waals surface area contributed by atoms with Crippen LogP contribution in [0.3, 0.4) is 0 Å². The minimum Gasteiger partial charge on any atom is -0.391 e. The van der Waals surface area contributed by atoms with Gasteiger partial charge < -0.3 is 10.0 Å². The summed E-state index contributed by atoms with van der Waals surface area (Å²) in [6.07, 6.45) is 0. The smallest absolute Gasteiger partial charge is 0.275 e. The van der Waals surface area contributed by atoms with Crippen LogP contribution in [0.5, 0.6) is 0 Å². The zero-order chi connectivity index (χ0) is 14.7. The van der Waals surface area contributed by atoms with Gasteiger partial charge in [-0.2, -0.15) is 0 Å². The second-order valence-corrected chi connectivity index (χ2v) is 5.50. The number of nitro groups is 1. The number of rotatable bonds is 5. The topological polar surface area (TPSA) is 79.5 Å². The number of anilines is 1. The molecule has 1 heterocycles. The third kappa shape index (κ3) is 3.12. The molecule has 0 aliphatic carbocycles. The van der Waals surface area contributed by atoms with Gasteiger partial charge >= 0.3 is 0 Å². The van der Waals surface area contributed by atoms with E-state index in [1.54, 1.807) is 23.5 Å². The predicted molar refractivity (Wildman–Crippen MR) is 78.0 cm³/mol. The number of hydrogen-bond acceptors (Lipinski definition) is 6. The standard InChI is InChI=1S/C13H15N3O3S/c1-9-14-11(8-20-9)6-15(2)12-3-4-13(16(18)19)10(5-12)7-17/h3-5,8,17H,6-7H2,1-2H3. The van der Waals surface area contributed by atoms with E-state index in [1.165, 1.54) is 6.07 Å². The molecule has 0 saturated heterocycles. The first-order valence-corrected chi connectivity index (χ1v) is 6.89. The lowest BCUT2D eigenvalue weighted by molar-refractivity contribution is -0.385. The van der Waals surface area contributed by atoms with Crippen molar-refractivity contribution >= 4 is 22.7 Å². The molecule has 0 fully saturated rings. The Morgan fingerprint density at radius 3 is 2.80 bits per heavy atom. The third-order valence-corrected chi connectivity index (χ3v) is 3.76. The van der Waals surface area contributed by atoms with Gasteiger partial charge in [-0.05, 0) is 19.1 Å². The lowest BCUT2D eigenvalue weighted by Crippen LogP contribution is -2.17. The molecule has 1 aromatic carbocycles. The Morgan fingerprint density at radius 2 is 2.25 bits per heavy atom. The molecule has 2 aromatic rings. The normalized spacial score (nSPS) is 10.6. The van der Waals surface area contributed by atoms with E-state index in [2.05, 4.69) is 4.98 Å². The first-order valence-electron chi connectivity index (χ1n) is 6.01. The number of hydrogen-bond donors (Lipinski definition) is 1. The minimum atomic E-state index is -0.487. The second-order valence-electron chi connectivity index (χ2n) is 4.44. The first kappa shape index (κ1) is 14.4. The second kappa shape index (κ2) is 5.98. The zero-order valence-corrected chi connectivity index (χ0v) is 12.1. The summed E-state index contributed by atoms with van der Waals surface area (Å²) in [5, 5.41) is 23.1. The van der Waals surface area contributed by atoms with Gasteiger partial charge in [-0.3, -0.25) is 10.1 Å². The number of aromatic nitrogens is 1. The molecule has 0 spiro atoms. The molecule has 0 aliphatic heterocycles. The highest BCUT2D eigenvalue weighted by Crippen LogP contribution is 2.25. The molecule has 0 radical (unpaired) electrons. The minimum absolute atomic E-state index is 0.0610. The number of nitrogens with zero attached hydrogens (tertiary/aromatic N) is 3. The third-order valence-electron chi connectivity index (χ3n) is 2.94. The van der Waals surface area contributed by atoms with Crippen LogP contribution >= 0.6 is 11.3 Å². The molecule has 2 rings (SSSR count). The quantitative estimate of drug-likeness (QED) is 0.676. The van der Waals surface area contributed by atoms with Crippen LogP contribution in [0.1, 0.15) is 16.3 Å². The Kier molecular flexibility index (Phi) is 4.31. The van der Waals surface area contributed by atoms with Crippen molar-refractivity contribution < 1.29 is 10.0 Å². The summed E-state index contributed by atoms with van der Waals surface area (Å²) in [6, 6.07) is 4.73. The first-order chi connectivity index (χ1) is 9.51. The number of nitro benzene ring substituents is 1. The molecule has 106 valence electrons. The molecule has 0 unspecified atom stereocenters. The van der Waals surface area contributed by atoms with Crippen molar-refractivity contribution in [3.8, 4) is 0 Å². The molecule has 20 heavy (non-hydrogen) atoms. The van der Waals surface area contributed by atoms with E-state index in [0.717, 1.165) is 16.4 Å². The Balaban J connectivity index is 2.21. The van der Waals surface area contributed by atoms with Crippen molar-refractivity contribution in [3.63, 3.8) is 0 Å². The lowest BCUT2D eigenvalue weighted by atomic mass is 10.1. The fraction of sp³-hybridized carbons (Fsp3) is 0.308. The Hall–Kier alpha value is -1.99. The Morgan fingerprint density at radius 1 is 1.50 bits per heavy atom. The van der Waals surface area contributed by atoms with Crippen LogP contribution in [-0.2, 0) is 13.2 Å². The molecule has 7 heteroatoms. The predicted octanol–water partition coefficient (Wildman–Crippen LogP) is 2.49. The highest BCUT2D eigenvalue weighted by atomic mass is 32.1. The van der Waals surface area contributed by atoms with Gasteiger partial charge in [0.2, 0.25) is 0 Å². The van der Waals surface area contributed by atoms with Gasteiger partial charge in [0, 0.05) is 24.2 Å². The number of aryl methyl sites for hydroxylation is 1. The summed E-state index contributed by atoms with van der Waals surface area (Å²) in [5.41, 5.74) is 2.02. The molecule has 0 aliphatic rings. The molecule has 6 nitrogen and oxygen atoms in total. The molecule has 0 amide bonds. The van der Waals surface area contributed by atoms with E-state index in [4.69, 9.17) is 0 Å². The average molecular weight is 293 g/mol. The molecule has 1 aromatic heterocycles. The molecule has 0 saturated carbocycles. The summed E-state index contributed by atoms with van der Waals surface area (Å²) in [5.74, 6) is 0. The van der Waals surface area contributed by atoms with Gasteiger partial charge in [0.1, 0.15) is 0 Å². The maximum absolute atomic E-state index is 10.8. The van der Waals surface area contributed by atoms with Crippen LogP contribution < -0.4 is 4.90 Å². The largest absolute Gasteiger partial charge is 0.391 e. The lowest BCUT2D eigenvalue weighted by Gasteiger charge is -2.18. The van der Waals surface area contributed by atoms with Crippen molar-refractivity contribution in [3.05, 3.63) is 50.0 Å². The fourth-order valence-corrected chi connectivity index (χ4v) is 2.53. The van der Waals surface area contributed by atoms with Gasteiger partial charge in [-0.1, -0.05) is 0 Å². The van der Waals surface area contributed by atoms with Crippen LogP contribution in [0.4, 0.5) is 11.4 Å². The van der Waals surface area contributed by atoms with E-state index in [-0.39, 0.29) is 12.3 Å². The van der Waals surface area contributed by atoms with Crippen molar-refractivity contribution in [2.45, 2.75) is 20.1 Å². The molecular weight excluding hydrogens is 278 g/mol. The summed E-state index contributed by atoms with van der Waals surface area (Å²) in [6.45, 7) is 2.21. The summed E-state index contributed by atoms with van der Waals surface area (Å²) in [7, 11) is 1.89. The van der Waals surface area contributed by atoms with Crippen LogP contribution in [0.25, 0.3) is 0 Å². The molecule has 0 atom stereocenters. The van der Waals surface area contributed by atoms with Crippen molar-refractivity contribution in [2.75, 3.05) is 11.9 Å². The van der Waals surface area contributed by atoms with Gasteiger partial charge in [0.05, 0.1) is 34.3 Å². The van der Waals surface area contributed by atoms with Crippen molar-refractivity contribution in [1.82, 2.24) is 4.98 Å². The molecule has 0 bridgehead atoms. The number of thiazole rings is 1. The number of aliphatic hydroxyl groups excluding tert-OH is 1. The van der Waals surface area contributed by atoms with E-state index < -0.39 is 4.92 Å². The monoisotopic (exact) mass is 293 g/mol. The van der Waals surface area contributed by atoms with E-state index >= 15 is 0 Å². The molecular formula is C13H15N3O3S. The van der Waals surface area contributed by atoms with Gasteiger partial charge in [-0.15, -0.1) is 11.3 Å². The Bertz CT molecular complexity index is 627. The summed E-state index contributed by atoms with van der Waals surface area (Å²) in [4.78, 5) is 16.7. The van der Waals surface area contributed by atoms with E-state index in [1.807, 2.05) is 24.3 Å². The fourth-order valence-electron chi connectivity index (χ4n) is 1.93. The maximum Gasteiger partial charge on any atom is 0.275 e. The highest BCUT2D eigenvalue weighted by molar-refractivity contribution is 7.09. The number of benzene rings is 1.